The van der Waals surface area contributed by atoms with Crippen molar-refractivity contribution in [3.63, 3.8) is 0 Å². The summed E-state index contributed by atoms with van der Waals surface area (Å²) in [6, 6.07) is 7.76. The quantitative estimate of drug-likeness (QED) is 0.797. The molecule has 0 aliphatic carbocycles. The van der Waals surface area contributed by atoms with Gasteiger partial charge in [0.05, 0.1) is 0 Å². The number of benzene rings is 1. The van der Waals surface area contributed by atoms with Crippen LogP contribution in [0.3, 0.4) is 0 Å². The molecule has 0 radical (unpaired) electrons. The van der Waals surface area contributed by atoms with Gasteiger partial charge in [-0.25, -0.2) is 8.78 Å². The zero-order chi connectivity index (χ0) is 15.1. The number of alkyl halides is 2. The van der Waals surface area contributed by atoms with Crippen molar-refractivity contribution in [1.29, 1.82) is 0 Å². The lowest BCUT2D eigenvalue weighted by molar-refractivity contribution is -0.122. The van der Waals surface area contributed by atoms with Gasteiger partial charge in [-0.15, -0.1) is 0 Å². The van der Waals surface area contributed by atoms with Crippen LogP contribution in [0.4, 0.5) is 14.5 Å². The number of carbonyl (C=O) groups is 1. The van der Waals surface area contributed by atoms with E-state index in [0.29, 0.717) is 6.42 Å². The molecular weight excluding hydrogens is 266 g/mol. The summed E-state index contributed by atoms with van der Waals surface area (Å²) in [7, 11) is 3.88. The molecule has 0 aromatic heterocycles. The molecule has 1 rings (SSSR count). The van der Waals surface area contributed by atoms with Crippen LogP contribution in [0.2, 0.25) is 0 Å². The van der Waals surface area contributed by atoms with Crippen LogP contribution < -0.4 is 10.2 Å². The fourth-order valence-corrected chi connectivity index (χ4v) is 1.61. The molecule has 1 atom stereocenters. The van der Waals surface area contributed by atoms with Gasteiger partial charge in [-0.3, -0.25) is 4.79 Å². The standard InChI is InChI=1S/C14H20F2N2O2/c1-18(2)11-6-3-10(4-7-11)5-8-13(20)17-9-12(19)14(15)16/h3-4,6-7,12,14,19H,5,8-9H2,1-2H3,(H,17,20). The summed E-state index contributed by atoms with van der Waals surface area (Å²) in [6.45, 7) is -0.421. The van der Waals surface area contributed by atoms with E-state index in [-0.39, 0.29) is 12.3 Å². The van der Waals surface area contributed by atoms with Crippen LogP contribution in [0.5, 0.6) is 0 Å². The lowest BCUT2D eigenvalue weighted by atomic mass is 10.1. The van der Waals surface area contributed by atoms with Crippen molar-refractivity contribution in [2.45, 2.75) is 25.4 Å². The Kier molecular flexibility index (Phi) is 6.38. The molecule has 0 saturated carbocycles. The first-order chi connectivity index (χ1) is 9.40. The Morgan fingerprint density at radius 2 is 1.90 bits per heavy atom. The molecule has 1 aromatic carbocycles. The first-order valence-electron chi connectivity index (χ1n) is 6.39. The number of hydrogen-bond acceptors (Lipinski definition) is 3. The zero-order valence-corrected chi connectivity index (χ0v) is 11.6. The van der Waals surface area contributed by atoms with Gasteiger partial charge < -0.3 is 15.3 Å². The molecule has 1 amide bonds. The van der Waals surface area contributed by atoms with Crippen LogP contribution in [0.1, 0.15) is 12.0 Å². The second-order valence-corrected chi connectivity index (χ2v) is 4.77. The van der Waals surface area contributed by atoms with Gasteiger partial charge in [0.1, 0.15) is 6.10 Å². The lowest BCUT2D eigenvalue weighted by Gasteiger charge is -2.13. The first-order valence-corrected chi connectivity index (χ1v) is 6.39. The largest absolute Gasteiger partial charge is 0.385 e. The van der Waals surface area contributed by atoms with Gasteiger partial charge in [-0.2, -0.15) is 0 Å². The highest BCUT2D eigenvalue weighted by atomic mass is 19.3. The summed E-state index contributed by atoms with van der Waals surface area (Å²) in [5.74, 6) is -0.346. The molecule has 0 spiro atoms. The maximum atomic E-state index is 12.0. The van der Waals surface area contributed by atoms with Gasteiger partial charge in [0.15, 0.2) is 0 Å². The van der Waals surface area contributed by atoms with E-state index < -0.39 is 19.1 Å². The zero-order valence-electron chi connectivity index (χ0n) is 11.6. The van der Waals surface area contributed by atoms with Crippen LogP contribution in [-0.4, -0.2) is 44.2 Å². The molecule has 4 nitrogen and oxygen atoms in total. The van der Waals surface area contributed by atoms with E-state index in [2.05, 4.69) is 5.32 Å². The molecule has 0 saturated heterocycles. The summed E-state index contributed by atoms with van der Waals surface area (Å²) >= 11 is 0. The van der Waals surface area contributed by atoms with E-state index in [1.807, 2.05) is 43.3 Å². The van der Waals surface area contributed by atoms with Crippen LogP contribution in [0, 0.1) is 0 Å². The molecule has 1 aromatic rings. The number of aryl methyl sites for hydroxylation is 1. The average Bonchev–Trinajstić information content (AvgIpc) is 2.42. The van der Waals surface area contributed by atoms with Crippen LogP contribution in [0.15, 0.2) is 24.3 Å². The number of aliphatic hydroxyl groups excluding tert-OH is 1. The molecule has 0 aliphatic heterocycles. The topological polar surface area (TPSA) is 52.6 Å². The molecule has 0 fully saturated rings. The predicted octanol–water partition coefficient (Wildman–Crippen LogP) is 1.43. The third kappa shape index (κ3) is 5.52. The number of carbonyl (C=O) groups excluding carboxylic acids is 1. The number of nitrogens with zero attached hydrogens (tertiary/aromatic N) is 1. The monoisotopic (exact) mass is 286 g/mol. The van der Waals surface area contributed by atoms with Crippen molar-refractivity contribution >= 4 is 11.6 Å². The molecule has 2 N–H and O–H groups in total. The Hall–Kier alpha value is -1.69. The second-order valence-electron chi connectivity index (χ2n) is 4.77. The summed E-state index contributed by atoms with van der Waals surface area (Å²) < 4.78 is 24.1. The lowest BCUT2D eigenvalue weighted by Crippen LogP contribution is -2.35. The number of anilines is 1. The van der Waals surface area contributed by atoms with Crippen molar-refractivity contribution in [2.75, 3.05) is 25.5 Å². The third-order valence-electron chi connectivity index (χ3n) is 2.89. The summed E-state index contributed by atoms with van der Waals surface area (Å²) in [5.41, 5.74) is 2.07. The van der Waals surface area contributed by atoms with Crippen LogP contribution >= 0.6 is 0 Å². The Labute approximate surface area is 117 Å². The highest BCUT2D eigenvalue weighted by Crippen LogP contribution is 2.13. The molecule has 0 aliphatic rings. The van der Waals surface area contributed by atoms with Gasteiger partial charge in [0, 0.05) is 32.7 Å². The Balaban J connectivity index is 2.34. The van der Waals surface area contributed by atoms with E-state index in [0.717, 1.165) is 11.3 Å². The Morgan fingerprint density at radius 3 is 2.40 bits per heavy atom. The minimum atomic E-state index is -2.84. The minimum absolute atomic E-state index is 0.206. The highest BCUT2D eigenvalue weighted by Gasteiger charge is 2.17. The van der Waals surface area contributed by atoms with E-state index in [4.69, 9.17) is 5.11 Å². The van der Waals surface area contributed by atoms with E-state index >= 15 is 0 Å². The number of amides is 1. The molecule has 1 unspecified atom stereocenters. The molecule has 20 heavy (non-hydrogen) atoms. The SMILES string of the molecule is CN(C)c1ccc(CCC(=O)NCC(O)C(F)F)cc1. The van der Waals surface area contributed by atoms with Crippen molar-refractivity contribution in [3.8, 4) is 0 Å². The molecular formula is C14H20F2N2O2. The summed E-state index contributed by atoms with van der Waals surface area (Å²) in [6.07, 6.45) is -3.91. The van der Waals surface area contributed by atoms with Crippen LogP contribution in [0.25, 0.3) is 0 Å². The van der Waals surface area contributed by atoms with E-state index in [1.54, 1.807) is 0 Å². The van der Waals surface area contributed by atoms with Crippen molar-refractivity contribution < 1.29 is 18.7 Å². The number of aliphatic hydroxyl groups is 1. The number of hydrogen-bond donors (Lipinski definition) is 2. The van der Waals surface area contributed by atoms with Crippen molar-refractivity contribution in [3.05, 3.63) is 29.8 Å². The number of nitrogens with one attached hydrogen (secondary N) is 1. The Morgan fingerprint density at radius 1 is 1.30 bits per heavy atom. The Bertz CT molecular complexity index is 422. The van der Waals surface area contributed by atoms with E-state index in [9.17, 15) is 13.6 Å². The molecule has 0 heterocycles. The van der Waals surface area contributed by atoms with Crippen molar-refractivity contribution in [1.82, 2.24) is 5.32 Å². The van der Waals surface area contributed by atoms with Crippen molar-refractivity contribution in [2.24, 2.45) is 0 Å². The average molecular weight is 286 g/mol. The fourth-order valence-electron chi connectivity index (χ4n) is 1.61. The highest BCUT2D eigenvalue weighted by molar-refractivity contribution is 5.76. The van der Waals surface area contributed by atoms with Gasteiger partial charge in [0.25, 0.3) is 6.43 Å². The van der Waals surface area contributed by atoms with Crippen LogP contribution in [-0.2, 0) is 11.2 Å². The predicted molar refractivity (Wildman–Crippen MR) is 74.1 cm³/mol. The smallest absolute Gasteiger partial charge is 0.265 e. The van der Waals surface area contributed by atoms with Gasteiger partial charge in [-0.1, -0.05) is 12.1 Å². The number of rotatable bonds is 7. The first kappa shape index (κ1) is 16.4. The van der Waals surface area contributed by atoms with Gasteiger partial charge in [-0.05, 0) is 24.1 Å². The van der Waals surface area contributed by atoms with Gasteiger partial charge >= 0.3 is 0 Å². The fraction of sp³-hybridized carbons (Fsp3) is 0.500. The second kappa shape index (κ2) is 7.79. The number of halogens is 2. The van der Waals surface area contributed by atoms with E-state index in [1.165, 1.54) is 0 Å². The maximum Gasteiger partial charge on any atom is 0.265 e. The molecule has 0 bridgehead atoms. The summed E-state index contributed by atoms with van der Waals surface area (Å²) in [5, 5.41) is 11.2. The molecule has 112 valence electrons. The normalized spacial score (nSPS) is 12.3. The summed E-state index contributed by atoms with van der Waals surface area (Å²) in [4.78, 5) is 13.4. The third-order valence-corrected chi connectivity index (χ3v) is 2.89. The minimum Gasteiger partial charge on any atom is -0.385 e. The van der Waals surface area contributed by atoms with Gasteiger partial charge in [0.2, 0.25) is 5.91 Å². The molecule has 6 heteroatoms. The maximum absolute atomic E-state index is 12.0.